The largest absolute Gasteiger partial charge is 0.333 e. The maximum absolute atomic E-state index is 13.0. The first-order valence-corrected chi connectivity index (χ1v) is 8.98. The first kappa shape index (κ1) is 14.8. The molecule has 4 nitrogen and oxygen atoms in total. The Morgan fingerprint density at radius 2 is 2.13 bits per heavy atom. The van der Waals surface area contributed by atoms with Crippen molar-refractivity contribution < 1.29 is 4.90 Å². The second kappa shape index (κ2) is 5.70. The smallest absolute Gasteiger partial charge is 0.263 e. The average molecular weight is 344 g/mol. The molecular formula is C17H18N3OS2+. The van der Waals surface area contributed by atoms with Gasteiger partial charge in [-0.25, -0.2) is 0 Å². The number of aromatic nitrogens is 2. The summed E-state index contributed by atoms with van der Waals surface area (Å²) in [5, 5.41) is 0.849. The van der Waals surface area contributed by atoms with E-state index in [-0.39, 0.29) is 5.56 Å². The summed E-state index contributed by atoms with van der Waals surface area (Å²) in [6, 6.07) is 9.98. The summed E-state index contributed by atoms with van der Waals surface area (Å²) in [7, 11) is 2.20. The molecule has 1 unspecified atom stereocenters. The number of hydrogen-bond acceptors (Lipinski definition) is 3. The summed E-state index contributed by atoms with van der Waals surface area (Å²) in [5.41, 5.74) is 2.36. The van der Waals surface area contributed by atoms with Crippen LogP contribution in [0.25, 0.3) is 10.2 Å². The standard InChI is InChI=1S/C17H17N3OS2/c1-19-8-7-12-13(10-19)23-15-14(12)16(21)20(17(22)18-15)9-11-5-3-2-4-6-11/h2-6H,7-10H2,1H3,(H,18,22)/p+1. The van der Waals surface area contributed by atoms with E-state index in [2.05, 4.69) is 12.0 Å². The van der Waals surface area contributed by atoms with Crippen molar-refractivity contribution in [3.05, 3.63) is 61.5 Å². The molecule has 0 bridgehead atoms. The summed E-state index contributed by atoms with van der Waals surface area (Å²) >= 11 is 7.13. The molecule has 23 heavy (non-hydrogen) atoms. The van der Waals surface area contributed by atoms with E-state index in [1.807, 2.05) is 30.3 Å². The van der Waals surface area contributed by atoms with E-state index >= 15 is 0 Å². The minimum absolute atomic E-state index is 0.0460. The Bertz CT molecular complexity index is 985. The summed E-state index contributed by atoms with van der Waals surface area (Å²) < 4.78 is 2.19. The number of nitrogens with one attached hydrogen (secondary N) is 2. The number of aromatic amines is 1. The molecular weight excluding hydrogens is 326 g/mol. The van der Waals surface area contributed by atoms with Gasteiger partial charge in [0.1, 0.15) is 11.4 Å². The van der Waals surface area contributed by atoms with Gasteiger partial charge >= 0.3 is 0 Å². The predicted molar refractivity (Wildman–Crippen MR) is 96.0 cm³/mol. The van der Waals surface area contributed by atoms with E-state index < -0.39 is 0 Å². The van der Waals surface area contributed by atoms with E-state index in [4.69, 9.17) is 12.2 Å². The van der Waals surface area contributed by atoms with E-state index in [9.17, 15) is 4.79 Å². The minimum Gasteiger partial charge on any atom is -0.333 e. The summed E-state index contributed by atoms with van der Waals surface area (Å²) in [6.45, 7) is 2.58. The highest BCUT2D eigenvalue weighted by molar-refractivity contribution is 7.71. The van der Waals surface area contributed by atoms with E-state index in [1.165, 1.54) is 15.3 Å². The summed E-state index contributed by atoms with van der Waals surface area (Å²) in [6.07, 6.45) is 0.965. The molecule has 0 aliphatic carbocycles. The van der Waals surface area contributed by atoms with Crippen LogP contribution in [0.4, 0.5) is 0 Å². The van der Waals surface area contributed by atoms with Crippen LogP contribution in [0.5, 0.6) is 0 Å². The Kier molecular flexibility index (Phi) is 3.67. The van der Waals surface area contributed by atoms with Gasteiger partial charge in [-0.05, 0) is 23.3 Å². The van der Waals surface area contributed by atoms with Gasteiger partial charge in [-0.1, -0.05) is 30.3 Å². The lowest BCUT2D eigenvalue weighted by Gasteiger charge is -2.19. The van der Waals surface area contributed by atoms with E-state index in [1.54, 1.807) is 15.9 Å². The molecule has 0 spiro atoms. The lowest BCUT2D eigenvalue weighted by Crippen LogP contribution is -3.08. The van der Waals surface area contributed by atoms with E-state index in [0.29, 0.717) is 11.3 Å². The number of thiophene rings is 1. The number of H-pyrrole nitrogens is 1. The maximum Gasteiger partial charge on any atom is 0.263 e. The third kappa shape index (κ3) is 2.56. The number of quaternary nitrogens is 1. The maximum atomic E-state index is 13.0. The first-order chi connectivity index (χ1) is 11.1. The predicted octanol–water partition coefficient (Wildman–Crippen LogP) is 1.74. The van der Waals surface area contributed by atoms with Crippen LogP contribution in [0.2, 0.25) is 0 Å². The van der Waals surface area contributed by atoms with Gasteiger partial charge in [-0.3, -0.25) is 9.36 Å². The van der Waals surface area contributed by atoms with Crippen molar-refractivity contribution in [2.45, 2.75) is 19.5 Å². The number of nitrogens with zero attached hydrogens (tertiary/aromatic N) is 1. The van der Waals surface area contributed by atoms with Crippen LogP contribution >= 0.6 is 23.6 Å². The Hall–Kier alpha value is -1.76. The highest BCUT2D eigenvalue weighted by atomic mass is 32.1. The Labute approximate surface area is 143 Å². The van der Waals surface area contributed by atoms with Crippen molar-refractivity contribution in [1.29, 1.82) is 0 Å². The second-order valence-corrected chi connectivity index (χ2v) is 7.64. The molecule has 1 atom stereocenters. The van der Waals surface area contributed by atoms with E-state index in [0.717, 1.165) is 35.3 Å². The Morgan fingerprint density at radius 1 is 1.35 bits per heavy atom. The molecule has 1 aliphatic heterocycles. The zero-order valence-corrected chi connectivity index (χ0v) is 14.5. The fourth-order valence-corrected chi connectivity index (χ4v) is 4.90. The van der Waals surface area contributed by atoms with Gasteiger partial charge < -0.3 is 9.88 Å². The number of fused-ring (bicyclic) bond motifs is 3. The monoisotopic (exact) mass is 344 g/mol. The highest BCUT2D eigenvalue weighted by Crippen LogP contribution is 2.28. The van der Waals surface area contributed by atoms with Crippen LogP contribution in [0, 0.1) is 4.77 Å². The van der Waals surface area contributed by atoms with Crippen molar-refractivity contribution in [1.82, 2.24) is 9.55 Å². The lowest BCUT2D eigenvalue weighted by atomic mass is 10.1. The molecule has 3 heterocycles. The van der Waals surface area contributed by atoms with Crippen molar-refractivity contribution in [3.63, 3.8) is 0 Å². The van der Waals surface area contributed by atoms with Gasteiger partial charge in [0.15, 0.2) is 4.77 Å². The number of hydrogen-bond donors (Lipinski definition) is 2. The van der Waals surface area contributed by atoms with Crippen molar-refractivity contribution >= 4 is 33.8 Å². The molecule has 4 rings (SSSR count). The molecule has 1 aromatic carbocycles. The van der Waals surface area contributed by atoms with Gasteiger partial charge in [-0.2, -0.15) is 0 Å². The quantitative estimate of drug-likeness (QED) is 0.696. The average Bonchev–Trinajstić information content (AvgIpc) is 2.89. The van der Waals surface area contributed by atoms with Gasteiger partial charge in [0.05, 0.1) is 30.4 Å². The molecule has 0 saturated heterocycles. The second-order valence-electron chi connectivity index (χ2n) is 6.15. The minimum atomic E-state index is 0.0460. The molecule has 1 aliphatic rings. The molecule has 0 fully saturated rings. The van der Waals surface area contributed by atoms with Crippen molar-refractivity contribution in [3.8, 4) is 0 Å². The lowest BCUT2D eigenvalue weighted by molar-refractivity contribution is -0.895. The number of benzene rings is 1. The van der Waals surface area contributed by atoms with Crippen LogP contribution in [-0.2, 0) is 19.5 Å². The summed E-state index contributed by atoms with van der Waals surface area (Å²) in [4.78, 5) is 20.1. The van der Waals surface area contributed by atoms with Gasteiger partial charge in [-0.15, -0.1) is 11.3 Å². The fraction of sp³-hybridized carbons (Fsp3) is 0.294. The molecule has 0 radical (unpaired) electrons. The summed E-state index contributed by atoms with van der Waals surface area (Å²) in [5.74, 6) is 0. The molecule has 6 heteroatoms. The fourth-order valence-electron chi connectivity index (χ4n) is 3.24. The molecule has 3 aromatic rings. The number of rotatable bonds is 2. The molecule has 2 N–H and O–H groups in total. The van der Waals surface area contributed by atoms with Gasteiger partial charge in [0, 0.05) is 6.42 Å². The molecule has 118 valence electrons. The third-order valence-electron chi connectivity index (χ3n) is 4.46. The van der Waals surface area contributed by atoms with Gasteiger partial charge in [0.25, 0.3) is 5.56 Å². The van der Waals surface area contributed by atoms with Crippen molar-refractivity contribution in [2.75, 3.05) is 13.6 Å². The molecule has 2 aromatic heterocycles. The number of likely N-dealkylation sites (N-methyl/N-ethyl adjacent to an activating group) is 1. The topological polar surface area (TPSA) is 42.2 Å². The van der Waals surface area contributed by atoms with Crippen LogP contribution in [0.3, 0.4) is 0 Å². The van der Waals surface area contributed by atoms with Crippen molar-refractivity contribution in [2.24, 2.45) is 0 Å². The zero-order chi connectivity index (χ0) is 16.0. The van der Waals surface area contributed by atoms with Crippen LogP contribution in [0.1, 0.15) is 16.0 Å². The highest BCUT2D eigenvalue weighted by Gasteiger charge is 2.24. The van der Waals surface area contributed by atoms with Crippen LogP contribution < -0.4 is 10.5 Å². The zero-order valence-electron chi connectivity index (χ0n) is 12.9. The Balaban J connectivity index is 1.90. The molecule has 0 amide bonds. The molecule has 0 saturated carbocycles. The third-order valence-corrected chi connectivity index (χ3v) is 5.93. The first-order valence-electron chi connectivity index (χ1n) is 7.76. The SMILES string of the molecule is C[NH+]1CCc2c(sc3[nH]c(=S)n(Cc4ccccc4)c(=O)c23)C1. The van der Waals surface area contributed by atoms with Crippen LogP contribution in [0.15, 0.2) is 35.1 Å². The van der Waals surface area contributed by atoms with Gasteiger partial charge in [0.2, 0.25) is 0 Å². The van der Waals surface area contributed by atoms with Crippen LogP contribution in [-0.4, -0.2) is 23.1 Å². The normalized spacial score (nSPS) is 17.3. The Morgan fingerprint density at radius 3 is 2.91 bits per heavy atom.